The van der Waals surface area contributed by atoms with Crippen molar-refractivity contribution in [2.75, 3.05) is 11.9 Å². The summed E-state index contributed by atoms with van der Waals surface area (Å²) in [5, 5.41) is 14.5. The summed E-state index contributed by atoms with van der Waals surface area (Å²) >= 11 is 3.40. The highest BCUT2D eigenvalue weighted by molar-refractivity contribution is 9.10. The van der Waals surface area contributed by atoms with Gasteiger partial charge in [0.15, 0.2) is 0 Å². The first-order chi connectivity index (χ1) is 9.43. The van der Waals surface area contributed by atoms with Gasteiger partial charge in [-0.1, -0.05) is 28.4 Å². The van der Waals surface area contributed by atoms with Crippen LogP contribution in [0, 0.1) is 12.3 Å². The highest BCUT2D eigenvalue weighted by Gasteiger charge is 2.44. The SMILES string of the molecule is Cc1ccc(NC(=O)NCC2(C(=O)O)CCC2)cc1Br. The van der Waals surface area contributed by atoms with Crippen LogP contribution in [-0.4, -0.2) is 23.7 Å². The number of urea groups is 1. The molecule has 1 aliphatic rings. The molecular weight excluding hydrogens is 324 g/mol. The smallest absolute Gasteiger partial charge is 0.319 e. The number of carbonyl (C=O) groups is 2. The molecule has 5 nitrogen and oxygen atoms in total. The van der Waals surface area contributed by atoms with Crippen molar-refractivity contribution in [2.45, 2.75) is 26.2 Å². The second-order valence-corrected chi connectivity index (χ2v) is 6.07. The number of carboxylic acid groups (broad SMARTS) is 1. The molecule has 20 heavy (non-hydrogen) atoms. The van der Waals surface area contributed by atoms with Gasteiger partial charge in [0.25, 0.3) is 0 Å². The Balaban J connectivity index is 1.89. The number of halogens is 1. The summed E-state index contributed by atoms with van der Waals surface area (Å²) in [6.45, 7) is 2.13. The average molecular weight is 341 g/mol. The van der Waals surface area contributed by atoms with Crippen LogP contribution in [0.3, 0.4) is 0 Å². The summed E-state index contributed by atoms with van der Waals surface area (Å²) in [5.41, 5.74) is 0.971. The van der Waals surface area contributed by atoms with Crippen molar-refractivity contribution in [3.8, 4) is 0 Å². The van der Waals surface area contributed by atoms with Crippen LogP contribution >= 0.6 is 15.9 Å². The van der Waals surface area contributed by atoms with Gasteiger partial charge in [-0.2, -0.15) is 0 Å². The van der Waals surface area contributed by atoms with Crippen molar-refractivity contribution in [1.29, 1.82) is 0 Å². The third-order valence-corrected chi connectivity index (χ3v) is 4.64. The molecule has 1 aromatic rings. The van der Waals surface area contributed by atoms with Crippen molar-refractivity contribution < 1.29 is 14.7 Å². The van der Waals surface area contributed by atoms with Gasteiger partial charge in [0.1, 0.15) is 0 Å². The van der Waals surface area contributed by atoms with Gasteiger partial charge < -0.3 is 15.7 Å². The number of benzene rings is 1. The molecular formula is C14H17BrN2O3. The molecule has 1 aromatic carbocycles. The zero-order chi connectivity index (χ0) is 14.8. The van der Waals surface area contributed by atoms with Crippen LogP contribution in [0.4, 0.5) is 10.5 Å². The van der Waals surface area contributed by atoms with Gasteiger partial charge in [-0.25, -0.2) is 4.79 Å². The fraction of sp³-hybridized carbons (Fsp3) is 0.429. The summed E-state index contributed by atoms with van der Waals surface area (Å²) in [6, 6.07) is 5.12. The number of carboxylic acids is 1. The van der Waals surface area contributed by atoms with E-state index in [9.17, 15) is 14.7 Å². The predicted molar refractivity (Wildman–Crippen MR) is 79.8 cm³/mol. The zero-order valence-corrected chi connectivity index (χ0v) is 12.8. The number of aliphatic carboxylic acids is 1. The molecule has 1 fully saturated rings. The van der Waals surface area contributed by atoms with E-state index >= 15 is 0 Å². The first-order valence-electron chi connectivity index (χ1n) is 6.47. The van der Waals surface area contributed by atoms with Crippen LogP contribution < -0.4 is 10.6 Å². The Hall–Kier alpha value is -1.56. The van der Waals surface area contributed by atoms with Crippen molar-refractivity contribution in [3.63, 3.8) is 0 Å². The molecule has 0 aliphatic heterocycles. The summed E-state index contributed by atoms with van der Waals surface area (Å²) in [5.74, 6) is -0.831. The number of hydrogen-bond donors (Lipinski definition) is 3. The van der Waals surface area contributed by atoms with Crippen LogP contribution in [-0.2, 0) is 4.79 Å². The molecule has 2 rings (SSSR count). The Morgan fingerprint density at radius 2 is 2.10 bits per heavy atom. The van der Waals surface area contributed by atoms with Crippen LogP contribution in [0.5, 0.6) is 0 Å². The Labute approximate surface area is 125 Å². The van der Waals surface area contributed by atoms with Crippen LogP contribution in [0.1, 0.15) is 24.8 Å². The summed E-state index contributed by atoms with van der Waals surface area (Å²) < 4.78 is 0.913. The molecule has 0 spiro atoms. The molecule has 3 N–H and O–H groups in total. The summed E-state index contributed by atoms with van der Waals surface area (Å²) in [4.78, 5) is 23.0. The molecule has 0 radical (unpaired) electrons. The van der Waals surface area contributed by atoms with Crippen molar-refractivity contribution in [3.05, 3.63) is 28.2 Å². The predicted octanol–water partition coefficient (Wildman–Crippen LogP) is 3.13. The summed E-state index contributed by atoms with van der Waals surface area (Å²) in [6.07, 6.45) is 2.15. The Morgan fingerprint density at radius 3 is 2.60 bits per heavy atom. The molecule has 0 bridgehead atoms. The van der Waals surface area contributed by atoms with Crippen LogP contribution in [0.2, 0.25) is 0 Å². The minimum atomic E-state index is -0.831. The second-order valence-electron chi connectivity index (χ2n) is 5.21. The molecule has 1 aliphatic carbocycles. The maximum Gasteiger partial charge on any atom is 0.319 e. The monoisotopic (exact) mass is 340 g/mol. The minimum Gasteiger partial charge on any atom is -0.481 e. The molecule has 6 heteroatoms. The number of hydrogen-bond acceptors (Lipinski definition) is 2. The molecule has 0 aromatic heterocycles. The first-order valence-corrected chi connectivity index (χ1v) is 7.27. The van der Waals surface area contributed by atoms with Gasteiger partial charge in [-0.15, -0.1) is 0 Å². The van der Waals surface area contributed by atoms with Gasteiger partial charge >= 0.3 is 12.0 Å². The lowest BCUT2D eigenvalue weighted by molar-refractivity contribution is -0.153. The molecule has 108 valence electrons. The standard InChI is InChI=1S/C14H17BrN2O3/c1-9-3-4-10(7-11(9)15)17-13(20)16-8-14(12(18)19)5-2-6-14/h3-4,7H,2,5-6,8H2,1H3,(H,18,19)(H2,16,17,20). The topological polar surface area (TPSA) is 78.4 Å². The van der Waals surface area contributed by atoms with Gasteiger partial charge in [0.2, 0.25) is 0 Å². The quantitative estimate of drug-likeness (QED) is 0.787. The van der Waals surface area contributed by atoms with E-state index in [-0.39, 0.29) is 12.6 Å². The number of aryl methyl sites for hydroxylation is 1. The first kappa shape index (κ1) is 14.8. The summed E-state index contributed by atoms with van der Waals surface area (Å²) in [7, 11) is 0. The average Bonchev–Trinajstić information content (AvgIpc) is 2.32. The number of rotatable bonds is 4. The molecule has 2 amide bonds. The molecule has 0 heterocycles. The molecule has 0 atom stereocenters. The van der Waals surface area contributed by atoms with Crippen molar-refractivity contribution >= 4 is 33.6 Å². The van der Waals surface area contributed by atoms with Gasteiger partial charge in [0, 0.05) is 16.7 Å². The maximum atomic E-state index is 11.8. The number of carbonyl (C=O) groups excluding carboxylic acids is 1. The van der Waals surface area contributed by atoms with E-state index in [1.807, 2.05) is 19.1 Å². The van der Waals surface area contributed by atoms with E-state index in [0.717, 1.165) is 16.5 Å². The van der Waals surface area contributed by atoms with Gasteiger partial charge in [-0.3, -0.25) is 4.79 Å². The zero-order valence-electron chi connectivity index (χ0n) is 11.2. The van der Waals surface area contributed by atoms with E-state index < -0.39 is 11.4 Å². The Morgan fingerprint density at radius 1 is 1.40 bits per heavy atom. The van der Waals surface area contributed by atoms with E-state index in [1.54, 1.807) is 6.07 Å². The maximum absolute atomic E-state index is 11.8. The highest BCUT2D eigenvalue weighted by Crippen LogP contribution is 2.40. The lowest BCUT2D eigenvalue weighted by Crippen LogP contribution is -2.48. The van der Waals surface area contributed by atoms with Crippen LogP contribution in [0.25, 0.3) is 0 Å². The van der Waals surface area contributed by atoms with Crippen molar-refractivity contribution in [1.82, 2.24) is 5.32 Å². The second kappa shape index (κ2) is 5.83. The molecule has 0 saturated heterocycles. The number of anilines is 1. The third-order valence-electron chi connectivity index (χ3n) is 3.78. The van der Waals surface area contributed by atoms with E-state index in [0.29, 0.717) is 18.5 Å². The van der Waals surface area contributed by atoms with E-state index in [2.05, 4.69) is 26.6 Å². The van der Waals surface area contributed by atoms with Crippen LogP contribution in [0.15, 0.2) is 22.7 Å². The fourth-order valence-electron chi connectivity index (χ4n) is 2.17. The van der Waals surface area contributed by atoms with Crippen molar-refractivity contribution in [2.24, 2.45) is 5.41 Å². The Kier molecular flexibility index (Phi) is 4.32. The van der Waals surface area contributed by atoms with E-state index in [4.69, 9.17) is 0 Å². The fourth-order valence-corrected chi connectivity index (χ4v) is 2.54. The minimum absolute atomic E-state index is 0.168. The molecule has 0 unspecified atom stereocenters. The lowest BCUT2D eigenvalue weighted by Gasteiger charge is -2.37. The largest absolute Gasteiger partial charge is 0.481 e. The Bertz CT molecular complexity index is 541. The normalized spacial score (nSPS) is 16.1. The van der Waals surface area contributed by atoms with Gasteiger partial charge in [-0.05, 0) is 37.5 Å². The molecule has 1 saturated carbocycles. The lowest BCUT2D eigenvalue weighted by atomic mass is 9.69. The van der Waals surface area contributed by atoms with Gasteiger partial charge in [0.05, 0.1) is 5.41 Å². The number of nitrogens with one attached hydrogen (secondary N) is 2. The highest BCUT2D eigenvalue weighted by atomic mass is 79.9. The number of amides is 2. The third kappa shape index (κ3) is 3.12. The van der Waals surface area contributed by atoms with E-state index in [1.165, 1.54) is 0 Å².